The zero-order chi connectivity index (χ0) is 17.4. The molecule has 0 unspecified atom stereocenters. The molecule has 2 rings (SSSR count). The summed E-state index contributed by atoms with van der Waals surface area (Å²) < 4.78 is 24.5. The molecule has 0 spiro atoms. The number of hydrogen-bond acceptors (Lipinski definition) is 3. The minimum Gasteiger partial charge on any atom is -0.493 e. The highest BCUT2D eigenvalue weighted by atomic mass is 35.5. The summed E-state index contributed by atoms with van der Waals surface area (Å²) in [5, 5.41) is 3.75. The van der Waals surface area contributed by atoms with Gasteiger partial charge in [-0.05, 0) is 31.2 Å². The van der Waals surface area contributed by atoms with E-state index in [1.807, 2.05) is 18.2 Å². The monoisotopic (exact) mass is 387 g/mol. The van der Waals surface area contributed by atoms with Gasteiger partial charge in [-0.1, -0.05) is 43.1 Å². The van der Waals surface area contributed by atoms with Gasteiger partial charge in [0.2, 0.25) is 0 Å². The van der Waals surface area contributed by atoms with Gasteiger partial charge < -0.3 is 14.8 Å². The van der Waals surface area contributed by atoms with Crippen molar-refractivity contribution in [3.05, 3.63) is 58.4 Å². The maximum Gasteiger partial charge on any atom is 0.166 e. The van der Waals surface area contributed by atoms with E-state index in [9.17, 15) is 4.39 Å². The van der Waals surface area contributed by atoms with Gasteiger partial charge in [0.25, 0.3) is 0 Å². The Labute approximate surface area is 159 Å². The lowest BCUT2D eigenvalue weighted by Crippen LogP contribution is -2.15. The van der Waals surface area contributed by atoms with Gasteiger partial charge in [-0.3, -0.25) is 0 Å². The molecule has 0 amide bonds. The number of hydrogen-bond donors (Lipinski definition) is 1. The summed E-state index contributed by atoms with van der Waals surface area (Å²) in [5.74, 6) is 0.995. The van der Waals surface area contributed by atoms with E-state index in [2.05, 4.69) is 12.2 Å². The Kier molecular flexibility index (Phi) is 9.65. The Balaban J connectivity index is 0.00000312. The number of nitrogens with one attached hydrogen (secondary N) is 1. The fourth-order valence-corrected chi connectivity index (χ4v) is 2.56. The number of para-hydroxylation sites is 1. The van der Waals surface area contributed by atoms with Crippen molar-refractivity contribution in [1.29, 1.82) is 0 Å². The van der Waals surface area contributed by atoms with Crippen molar-refractivity contribution < 1.29 is 13.9 Å². The molecule has 138 valence electrons. The van der Waals surface area contributed by atoms with Crippen LogP contribution in [0.3, 0.4) is 0 Å². The second-order valence-electron chi connectivity index (χ2n) is 5.50. The Morgan fingerprint density at radius 1 is 1.16 bits per heavy atom. The van der Waals surface area contributed by atoms with E-state index in [-0.39, 0.29) is 24.8 Å². The molecule has 25 heavy (non-hydrogen) atoms. The van der Waals surface area contributed by atoms with Gasteiger partial charge in [0.15, 0.2) is 11.5 Å². The molecule has 0 fully saturated rings. The summed E-state index contributed by atoms with van der Waals surface area (Å²) in [6, 6.07) is 10.1. The fraction of sp³-hybridized carbons (Fsp3) is 0.368. The van der Waals surface area contributed by atoms with E-state index in [1.54, 1.807) is 13.2 Å². The van der Waals surface area contributed by atoms with Crippen LogP contribution in [0.25, 0.3) is 0 Å². The number of unbranched alkanes of at least 4 members (excludes halogenated alkanes) is 1. The molecule has 0 aliphatic carbocycles. The molecule has 2 aromatic carbocycles. The Morgan fingerprint density at radius 2 is 1.96 bits per heavy atom. The molecule has 2 aromatic rings. The van der Waals surface area contributed by atoms with Crippen LogP contribution >= 0.6 is 24.0 Å². The van der Waals surface area contributed by atoms with Gasteiger partial charge in [-0.25, -0.2) is 4.39 Å². The van der Waals surface area contributed by atoms with Gasteiger partial charge in [0.1, 0.15) is 12.4 Å². The zero-order valence-electron chi connectivity index (χ0n) is 14.5. The second-order valence-corrected chi connectivity index (χ2v) is 5.91. The van der Waals surface area contributed by atoms with Crippen LogP contribution in [0.5, 0.6) is 11.5 Å². The molecule has 6 heteroatoms. The highest BCUT2D eigenvalue weighted by Crippen LogP contribution is 2.32. The third-order valence-corrected chi connectivity index (χ3v) is 4.04. The summed E-state index contributed by atoms with van der Waals surface area (Å²) in [7, 11) is 1.61. The van der Waals surface area contributed by atoms with Crippen molar-refractivity contribution in [2.45, 2.75) is 32.9 Å². The molecule has 0 radical (unpaired) electrons. The van der Waals surface area contributed by atoms with Gasteiger partial charge in [0, 0.05) is 17.7 Å². The predicted octanol–water partition coefficient (Wildman–Crippen LogP) is 5.38. The summed E-state index contributed by atoms with van der Waals surface area (Å²) in [6.07, 6.45) is 2.28. The normalized spacial score (nSPS) is 10.2. The van der Waals surface area contributed by atoms with Crippen LogP contribution in [0.15, 0.2) is 36.4 Å². The van der Waals surface area contributed by atoms with Crippen molar-refractivity contribution in [1.82, 2.24) is 5.32 Å². The Hall–Kier alpha value is -1.49. The third kappa shape index (κ3) is 6.38. The average molecular weight is 388 g/mol. The first kappa shape index (κ1) is 21.6. The maximum absolute atomic E-state index is 13.1. The van der Waals surface area contributed by atoms with Crippen LogP contribution in [0.1, 0.15) is 30.9 Å². The summed E-state index contributed by atoms with van der Waals surface area (Å²) in [5.41, 5.74) is 1.75. The first-order valence-corrected chi connectivity index (χ1v) is 8.46. The van der Waals surface area contributed by atoms with Crippen LogP contribution < -0.4 is 14.8 Å². The fourth-order valence-electron chi connectivity index (χ4n) is 2.34. The SMILES string of the molecule is CCCCNCc1cccc(OC)c1OCc1ccc(F)cc1Cl.Cl. The topological polar surface area (TPSA) is 30.5 Å². The number of rotatable bonds is 9. The van der Waals surface area contributed by atoms with Crippen molar-refractivity contribution in [3.8, 4) is 11.5 Å². The molecule has 0 aliphatic heterocycles. The van der Waals surface area contributed by atoms with Crippen LogP contribution in [0.4, 0.5) is 4.39 Å². The van der Waals surface area contributed by atoms with Crippen molar-refractivity contribution in [2.24, 2.45) is 0 Å². The molecule has 0 bridgehead atoms. The van der Waals surface area contributed by atoms with E-state index in [0.29, 0.717) is 23.1 Å². The molecule has 0 aliphatic rings. The highest BCUT2D eigenvalue weighted by Gasteiger charge is 2.12. The van der Waals surface area contributed by atoms with E-state index < -0.39 is 0 Å². The summed E-state index contributed by atoms with van der Waals surface area (Å²) in [6.45, 7) is 4.07. The van der Waals surface area contributed by atoms with Gasteiger partial charge in [-0.2, -0.15) is 0 Å². The van der Waals surface area contributed by atoms with E-state index in [0.717, 1.165) is 30.5 Å². The average Bonchev–Trinajstić information content (AvgIpc) is 2.58. The van der Waals surface area contributed by atoms with Gasteiger partial charge >= 0.3 is 0 Å². The third-order valence-electron chi connectivity index (χ3n) is 3.69. The van der Waals surface area contributed by atoms with E-state index in [1.165, 1.54) is 12.1 Å². The van der Waals surface area contributed by atoms with Crippen LogP contribution in [0.2, 0.25) is 5.02 Å². The second kappa shape index (κ2) is 11.2. The standard InChI is InChI=1S/C19H23ClFNO2.ClH/c1-3-4-10-22-12-14-6-5-7-18(23-2)19(14)24-13-15-8-9-16(21)11-17(15)20;/h5-9,11,22H,3-4,10,12-13H2,1-2H3;1H. The lowest BCUT2D eigenvalue weighted by atomic mass is 10.1. The summed E-state index contributed by atoms with van der Waals surface area (Å²) in [4.78, 5) is 0. The Morgan fingerprint density at radius 3 is 2.64 bits per heavy atom. The predicted molar refractivity (Wildman–Crippen MR) is 103 cm³/mol. The highest BCUT2D eigenvalue weighted by molar-refractivity contribution is 6.31. The minimum atomic E-state index is -0.359. The minimum absolute atomic E-state index is 0. The van der Waals surface area contributed by atoms with Crippen molar-refractivity contribution >= 4 is 24.0 Å². The quantitative estimate of drug-likeness (QED) is 0.585. The molecule has 0 heterocycles. The molecular weight excluding hydrogens is 364 g/mol. The Bertz CT molecular complexity index is 668. The van der Waals surface area contributed by atoms with Crippen molar-refractivity contribution in [3.63, 3.8) is 0 Å². The van der Waals surface area contributed by atoms with E-state index in [4.69, 9.17) is 21.1 Å². The van der Waals surface area contributed by atoms with Crippen molar-refractivity contribution in [2.75, 3.05) is 13.7 Å². The van der Waals surface area contributed by atoms with Gasteiger partial charge in [0.05, 0.1) is 12.1 Å². The molecule has 1 N–H and O–H groups in total. The maximum atomic E-state index is 13.1. The van der Waals surface area contributed by atoms with Crippen LogP contribution in [-0.2, 0) is 13.2 Å². The largest absolute Gasteiger partial charge is 0.493 e. The number of methoxy groups -OCH3 is 1. The number of halogens is 3. The van der Waals surface area contributed by atoms with Crippen LogP contribution in [-0.4, -0.2) is 13.7 Å². The summed E-state index contributed by atoms with van der Waals surface area (Å²) >= 11 is 6.06. The molecular formula is C19H24Cl2FNO2. The smallest absolute Gasteiger partial charge is 0.166 e. The molecule has 0 aromatic heterocycles. The zero-order valence-corrected chi connectivity index (χ0v) is 16.1. The molecule has 0 atom stereocenters. The first-order chi connectivity index (χ1) is 11.7. The molecule has 3 nitrogen and oxygen atoms in total. The van der Waals surface area contributed by atoms with Gasteiger partial charge in [-0.15, -0.1) is 12.4 Å². The van der Waals surface area contributed by atoms with Crippen LogP contribution in [0, 0.1) is 5.82 Å². The molecule has 0 saturated heterocycles. The number of benzene rings is 2. The first-order valence-electron chi connectivity index (χ1n) is 8.09. The number of ether oxygens (including phenoxy) is 2. The molecule has 0 saturated carbocycles. The lowest BCUT2D eigenvalue weighted by molar-refractivity contribution is 0.280. The van der Waals surface area contributed by atoms with E-state index >= 15 is 0 Å². The lowest BCUT2D eigenvalue weighted by Gasteiger charge is -2.16.